The fraction of sp³-hybridized carbons (Fsp3) is 0.188. The molecule has 0 atom stereocenters. The number of Topliss-reactive ketones (excluding diaryl/α,β-unsaturated/α-hetero) is 1. The van der Waals surface area contributed by atoms with Gasteiger partial charge in [-0.05, 0) is 18.6 Å². The summed E-state index contributed by atoms with van der Waals surface area (Å²) in [5.74, 6) is 1.65. The van der Waals surface area contributed by atoms with E-state index in [1.807, 2.05) is 30.3 Å². The number of carbonyl (C=O) groups is 1. The summed E-state index contributed by atoms with van der Waals surface area (Å²) in [6.07, 6.45) is 0. The van der Waals surface area contributed by atoms with E-state index in [4.69, 9.17) is 14.2 Å². The molecule has 0 amide bonds. The van der Waals surface area contributed by atoms with E-state index in [0.29, 0.717) is 29.4 Å². The third-order valence-corrected chi connectivity index (χ3v) is 3.09. The highest BCUT2D eigenvalue weighted by Crippen LogP contribution is 2.38. The smallest absolute Gasteiger partial charge is 0.231 e. The van der Waals surface area contributed by atoms with Gasteiger partial charge in [-0.3, -0.25) is 4.79 Å². The number of hydrogen-bond acceptors (Lipinski definition) is 4. The van der Waals surface area contributed by atoms with Gasteiger partial charge >= 0.3 is 0 Å². The van der Waals surface area contributed by atoms with Gasteiger partial charge in [0.2, 0.25) is 6.79 Å². The molecule has 2 aromatic rings. The highest BCUT2D eigenvalue weighted by molar-refractivity contribution is 5.97. The molecular formula is C16H14O4. The van der Waals surface area contributed by atoms with Gasteiger partial charge in [-0.2, -0.15) is 0 Å². The second kappa shape index (κ2) is 5.25. The van der Waals surface area contributed by atoms with Crippen LogP contribution >= 0.6 is 0 Å². The van der Waals surface area contributed by atoms with Crippen molar-refractivity contribution in [2.75, 3.05) is 6.79 Å². The number of rotatable bonds is 4. The minimum Gasteiger partial charge on any atom is -0.488 e. The van der Waals surface area contributed by atoms with Gasteiger partial charge in [0.25, 0.3) is 0 Å². The maximum atomic E-state index is 11.7. The molecule has 0 fully saturated rings. The van der Waals surface area contributed by atoms with Crippen LogP contribution in [0, 0.1) is 0 Å². The van der Waals surface area contributed by atoms with Crippen LogP contribution in [-0.2, 0) is 6.61 Å². The molecule has 4 heteroatoms. The zero-order valence-electron chi connectivity index (χ0n) is 11.1. The van der Waals surface area contributed by atoms with Crippen LogP contribution in [0.2, 0.25) is 0 Å². The Balaban J connectivity index is 1.86. The molecule has 0 spiro atoms. The molecule has 0 unspecified atom stereocenters. The summed E-state index contributed by atoms with van der Waals surface area (Å²) in [6, 6.07) is 13.2. The van der Waals surface area contributed by atoms with Crippen molar-refractivity contribution in [3.8, 4) is 17.2 Å². The van der Waals surface area contributed by atoms with Crippen molar-refractivity contribution in [1.29, 1.82) is 0 Å². The van der Waals surface area contributed by atoms with Gasteiger partial charge in [-0.25, -0.2) is 0 Å². The Labute approximate surface area is 116 Å². The molecule has 1 heterocycles. The van der Waals surface area contributed by atoms with Crippen LogP contribution < -0.4 is 14.2 Å². The molecule has 0 saturated heterocycles. The summed E-state index contributed by atoms with van der Waals surface area (Å²) >= 11 is 0. The van der Waals surface area contributed by atoms with Crippen molar-refractivity contribution >= 4 is 5.78 Å². The average Bonchev–Trinajstić information content (AvgIpc) is 2.92. The van der Waals surface area contributed by atoms with E-state index in [0.717, 1.165) is 5.56 Å². The lowest BCUT2D eigenvalue weighted by atomic mass is 10.1. The number of carbonyl (C=O) groups excluding carboxylic acids is 1. The van der Waals surface area contributed by atoms with Crippen molar-refractivity contribution in [3.05, 3.63) is 53.6 Å². The molecule has 1 aliphatic rings. The second-order valence-electron chi connectivity index (χ2n) is 4.53. The first-order valence-corrected chi connectivity index (χ1v) is 6.35. The quantitative estimate of drug-likeness (QED) is 0.800. The highest BCUT2D eigenvalue weighted by Gasteiger charge is 2.20. The molecule has 102 valence electrons. The Hall–Kier alpha value is -2.49. The zero-order valence-corrected chi connectivity index (χ0v) is 11.1. The number of ketones is 1. The Morgan fingerprint density at radius 2 is 1.85 bits per heavy atom. The van der Waals surface area contributed by atoms with Crippen LogP contribution in [0.4, 0.5) is 0 Å². The summed E-state index contributed by atoms with van der Waals surface area (Å²) in [6.45, 7) is 2.09. The van der Waals surface area contributed by atoms with Crippen LogP contribution in [-0.4, -0.2) is 12.6 Å². The van der Waals surface area contributed by atoms with E-state index in [2.05, 4.69) is 0 Å². The van der Waals surface area contributed by atoms with Gasteiger partial charge in [-0.15, -0.1) is 0 Å². The first-order chi connectivity index (χ1) is 9.74. The summed E-state index contributed by atoms with van der Waals surface area (Å²) in [5.41, 5.74) is 1.55. The van der Waals surface area contributed by atoms with E-state index < -0.39 is 0 Å². The van der Waals surface area contributed by atoms with Crippen molar-refractivity contribution in [2.24, 2.45) is 0 Å². The fourth-order valence-corrected chi connectivity index (χ4v) is 2.05. The first-order valence-electron chi connectivity index (χ1n) is 6.35. The molecule has 0 aromatic heterocycles. The van der Waals surface area contributed by atoms with Crippen LogP contribution in [0.15, 0.2) is 42.5 Å². The van der Waals surface area contributed by atoms with E-state index in [1.54, 1.807) is 12.1 Å². The lowest BCUT2D eigenvalue weighted by Crippen LogP contribution is -2.01. The maximum absolute atomic E-state index is 11.7. The van der Waals surface area contributed by atoms with E-state index in [9.17, 15) is 4.79 Å². The van der Waals surface area contributed by atoms with Gasteiger partial charge in [0.1, 0.15) is 12.4 Å². The maximum Gasteiger partial charge on any atom is 0.231 e. The molecule has 0 N–H and O–H groups in total. The lowest BCUT2D eigenvalue weighted by molar-refractivity contribution is 0.101. The normalized spacial score (nSPS) is 12.2. The molecule has 20 heavy (non-hydrogen) atoms. The zero-order chi connectivity index (χ0) is 13.9. The number of hydrogen-bond donors (Lipinski definition) is 0. The molecule has 0 bridgehead atoms. The minimum atomic E-state index is -0.0636. The van der Waals surface area contributed by atoms with Crippen molar-refractivity contribution in [1.82, 2.24) is 0 Å². The fourth-order valence-electron chi connectivity index (χ4n) is 2.05. The summed E-state index contributed by atoms with van der Waals surface area (Å²) in [4.78, 5) is 11.7. The lowest BCUT2D eigenvalue weighted by Gasteiger charge is -2.11. The predicted molar refractivity (Wildman–Crippen MR) is 73.3 cm³/mol. The van der Waals surface area contributed by atoms with Crippen LogP contribution in [0.1, 0.15) is 22.8 Å². The van der Waals surface area contributed by atoms with Crippen molar-refractivity contribution < 1.29 is 19.0 Å². The van der Waals surface area contributed by atoms with Gasteiger partial charge in [0.15, 0.2) is 17.3 Å². The van der Waals surface area contributed by atoms with Crippen LogP contribution in [0.25, 0.3) is 0 Å². The molecule has 2 aromatic carbocycles. The SMILES string of the molecule is CC(=O)c1cc2c(cc1OCc1ccccc1)OCO2. The Morgan fingerprint density at radius 1 is 1.15 bits per heavy atom. The van der Waals surface area contributed by atoms with Gasteiger partial charge < -0.3 is 14.2 Å². The number of fused-ring (bicyclic) bond motifs is 1. The monoisotopic (exact) mass is 270 g/mol. The van der Waals surface area contributed by atoms with Gasteiger partial charge in [0, 0.05) is 6.07 Å². The third kappa shape index (κ3) is 2.45. The molecule has 4 nitrogen and oxygen atoms in total. The van der Waals surface area contributed by atoms with Crippen LogP contribution in [0.5, 0.6) is 17.2 Å². The predicted octanol–water partition coefficient (Wildman–Crippen LogP) is 3.20. The van der Waals surface area contributed by atoms with E-state index >= 15 is 0 Å². The van der Waals surface area contributed by atoms with Gasteiger partial charge in [0.05, 0.1) is 5.56 Å². The Bertz CT molecular complexity index is 634. The number of benzene rings is 2. The second-order valence-corrected chi connectivity index (χ2v) is 4.53. The highest BCUT2D eigenvalue weighted by atomic mass is 16.7. The molecular weight excluding hydrogens is 256 g/mol. The van der Waals surface area contributed by atoms with Crippen LogP contribution in [0.3, 0.4) is 0 Å². The molecule has 3 rings (SSSR count). The summed E-state index contributed by atoms with van der Waals surface area (Å²) < 4.78 is 16.3. The van der Waals surface area contributed by atoms with E-state index in [-0.39, 0.29) is 12.6 Å². The Morgan fingerprint density at radius 3 is 2.55 bits per heavy atom. The molecule has 0 saturated carbocycles. The summed E-state index contributed by atoms with van der Waals surface area (Å²) in [5, 5.41) is 0. The van der Waals surface area contributed by atoms with E-state index in [1.165, 1.54) is 6.92 Å². The van der Waals surface area contributed by atoms with Crippen molar-refractivity contribution in [2.45, 2.75) is 13.5 Å². The first kappa shape index (κ1) is 12.5. The molecule has 0 aliphatic carbocycles. The molecule has 1 aliphatic heterocycles. The van der Waals surface area contributed by atoms with Gasteiger partial charge in [-0.1, -0.05) is 30.3 Å². The van der Waals surface area contributed by atoms with Crippen molar-refractivity contribution in [3.63, 3.8) is 0 Å². The number of ether oxygens (including phenoxy) is 3. The largest absolute Gasteiger partial charge is 0.488 e. The average molecular weight is 270 g/mol. The standard InChI is InChI=1S/C16H14O4/c1-11(17)13-7-15-16(20-10-19-15)8-14(13)18-9-12-5-3-2-4-6-12/h2-8H,9-10H2,1H3. The minimum absolute atomic E-state index is 0.0636. The summed E-state index contributed by atoms with van der Waals surface area (Å²) in [7, 11) is 0. The molecule has 0 radical (unpaired) electrons. The Kier molecular flexibility index (Phi) is 3.29. The third-order valence-electron chi connectivity index (χ3n) is 3.09. The topological polar surface area (TPSA) is 44.8 Å².